The number of carbonyl (C=O) groups is 1. The van der Waals surface area contributed by atoms with Crippen LogP contribution < -0.4 is 5.32 Å². The first-order valence-electron chi connectivity index (χ1n) is 4.88. The van der Waals surface area contributed by atoms with Crippen LogP contribution in [0, 0.1) is 6.92 Å². The Morgan fingerprint density at radius 2 is 2.18 bits per heavy atom. The molecular formula is C12H9BrClNO2. The quantitative estimate of drug-likeness (QED) is 0.900. The van der Waals surface area contributed by atoms with Gasteiger partial charge in [0.2, 0.25) is 0 Å². The molecule has 0 saturated heterocycles. The van der Waals surface area contributed by atoms with Gasteiger partial charge in [0.1, 0.15) is 0 Å². The lowest BCUT2D eigenvalue weighted by Gasteiger charge is -2.05. The number of hydrogen-bond acceptors (Lipinski definition) is 2. The minimum atomic E-state index is -0.245. The summed E-state index contributed by atoms with van der Waals surface area (Å²) in [5.74, 6) is -0.245. The maximum Gasteiger partial charge on any atom is 0.260 e. The topological polar surface area (TPSA) is 42.2 Å². The van der Waals surface area contributed by atoms with Gasteiger partial charge in [0.15, 0.2) is 4.67 Å². The highest BCUT2D eigenvalue weighted by Crippen LogP contribution is 2.22. The molecular weight excluding hydrogens is 305 g/mol. The molecule has 1 heterocycles. The van der Waals surface area contributed by atoms with Crippen molar-refractivity contribution in [1.82, 2.24) is 0 Å². The molecule has 1 N–H and O–H groups in total. The van der Waals surface area contributed by atoms with Gasteiger partial charge in [0, 0.05) is 10.7 Å². The van der Waals surface area contributed by atoms with E-state index >= 15 is 0 Å². The fraction of sp³-hybridized carbons (Fsp3) is 0.0833. The Kier molecular flexibility index (Phi) is 3.54. The molecule has 2 rings (SSSR count). The molecule has 0 bridgehead atoms. The second-order valence-electron chi connectivity index (χ2n) is 3.53. The Labute approximate surface area is 112 Å². The maximum absolute atomic E-state index is 11.8. The van der Waals surface area contributed by atoms with Crippen molar-refractivity contribution in [3.8, 4) is 0 Å². The van der Waals surface area contributed by atoms with Gasteiger partial charge in [-0.3, -0.25) is 4.79 Å². The summed E-state index contributed by atoms with van der Waals surface area (Å²) in [4.78, 5) is 11.8. The number of aryl methyl sites for hydroxylation is 1. The predicted molar refractivity (Wildman–Crippen MR) is 70.6 cm³/mol. The van der Waals surface area contributed by atoms with Gasteiger partial charge in [-0.05, 0) is 46.6 Å². The lowest BCUT2D eigenvalue weighted by atomic mass is 10.2. The zero-order chi connectivity index (χ0) is 12.4. The first-order valence-corrected chi connectivity index (χ1v) is 6.05. The van der Waals surface area contributed by atoms with Crippen molar-refractivity contribution in [2.45, 2.75) is 6.92 Å². The monoisotopic (exact) mass is 313 g/mol. The molecule has 2 aromatic rings. The number of nitrogens with one attached hydrogen (secondary N) is 1. The van der Waals surface area contributed by atoms with Gasteiger partial charge in [0.25, 0.3) is 5.91 Å². The minimum Gasteiger partial charge on any atom is -0.457 e. The number of furan rings is 1. The summed E-state index contributed by atoms with van der Waals surface area (Å²) >= 11 is 9.13. The van der Waals surface area contributed by atoms with E-state index in [4.69, 9.17) is 16.0 Å². The lowest BCUT2D eigenvalue weighted by molar-refractivity contribution is 0.102. The third-order valence-corrected chi connectivity index (χ3v) is 3.31. The number of benzene rings is 1. The first-order chi connectivity index (χ1) is 8.08. The van der Waals surface area contributed by atoms with Gasteiger partial charge in [-0.15, -0.1) is 0 Å². The molecule has 0 saturated carbocycles. The van der Waals surface area contributed by atoms with Crippen LogP contribution in [0.3, 0.4) is 0 Å². The molecule has 0 aliphatic carbocycles. The highest BCUT2D eigenvalue weighted by atomic mass is 79.9. The third-order valence-electron chi connectivity index (χ3n) is 2.29. The SMILES string of the molecule is Cc1ccc(NC(=O)c2ccoc2Br)cc1Cl. The number of halogens is 2. The Morgan fingerprint density at radius 1 is 1.41 bits per heavy atom. The Morgan fingerprint density at radius 3 is 2.76 bits per heavy atom. The minimum absolute atomic E-state index is 0.245. The highest BCUT2D eigenvalue weighted by Gasteiger charge is 2.12. The van der Waals surface area contributed by atoms with E-state index in [1.807, 2.05) is 13.0 Å². The Balaban J connectivity index is 2.19. The first kappa shape index (κ1) is 12.2. The normalized spacial score (nSPS) is 10.3. The van der Waals surface area contributed by atoms with Crippen LogP contribution in [-0.4, -0.2) is 5.91 Å². The van der Waals surface area contributed by atoms with Gasteiger partial charge in [-0.25, -0.2) is 0 Å². The van der Waals surface area contributed by atoms with Crippen molar-refractivity contribution in [2.24, 2.45) is 0 Å². The van der Waals surface area contributed by atoms with Crippen molar-refractivity contribution >= 4 is 39.1 Å². The fourth-order valence-corrected chi connectivity index (χ4v) is 1.93. The summed E-state index contributed by atoms with van der Waals surface area (Å²) in [6, 6.07) is 6.95. The standard InChI is InChI=1S/C12H9BrClNO2/c1-7-2-3-8(6-10(7)14)15-12(16)9-4-5-17-11(9)13/h2-6H,1H3,(H,15,16). The maximum atomic E-state index is 11.8. The molecule has 3 nitrogen and oxygen atoms in total. The summed E-state index contributed by atoms with van der Waals surface area (Å²) in [6.07, 6.45) is 1.45. The molecule has 1 aromatic carbocycles. The van der Waals surface area contributed by atoms with E-state index in [2.05, 4.69) is 21.2 Å². The average molecular weight is 315 g/mol. The largest absolute Gasteiger partial charge is 0.457 e. The van der Waals surface area contributed by atoms with E-state index in [1.165, 1.54) is 6.26 Å². The van der Waals surface area contributed by atoms with E-state index in [9.17, 15) is 4.79 Å². The van der Waals surface area contributed by atoms with E-state index in [0.29, 0.717) is 20.9 Å². The van der Waals surface area contributed by atoms with Crippen LogP contribution in [0.5, 0.6) is 0 Å². The fourth-order valence-electron chi connectivity index (χ4n) is 1.32. The van der Waals surface area contributed by atoms with Crippen LogP contribution in [-0.2, 0) is 0 Å². The molecule has 0 radical (unpaired) electrons. The highest BCUT2D eigenvalue weighted by molar-refractivity contribution is 9.10. The van der Waals surface area contributed by atoms with Crippen LogP contribution in [0.1, 0.15) is 15.9 Å². The van der Waals surface area contributed by atoms with E-state index in [-0.39, 0.29) is 5.91 Å². The molecule has 0 aliphatic heterocycles. The van der Waals surface area contributed by atoms with Crippen LogP contribution in [0.2, 0.25) is 5.02 Å². The van der Waals surface area contributed by atoms with Gasteiger partial charge >= 0.3 is 0 Å². The second kappa shape index (κ2) is 4.94. The van der Waals surface area contributed by atoms with Crippen molar-refractivity contribution < 1.29 is 9.21 Å². The van der Waals surface area contributed by atoms with E-state index < -0.39 is 0 Å². The summed E-state index contributed by atoms with van der Waals surface area (Å²) < 4.78 is 5.41. The van der Waals surface area contributed by atoms with E-state index in [1.54, 1.807) is 18.2 Å². The molecule has 1 amide bonds. The van der Waals surface area contributed by atoms with Gasteiger partial charge < -0.3 is 9.73 Å². The number of amides is 1. The number of hydrogen-bond donors (Lipinski definition) is 1. The average Bonchev–Trinajstić information content (AvgIpc) is 2.70. The molecule has 0 fully saturated rings. The van der Waals surface area contributed by atoms with Gasteiger partial charge in [-0.1, -0.05) is 17.7 Å². The van der Waals surface area contributed by atoms with Crippen LogP contribution in [0.4, 0.5) is 5.69 Å². The van der Waals surface area contributed by atoms with Crippen molar-refractivity contribution in [1.29, 1.82) is 0 Å². The zero-order valence-corrected chi connectivity index (χ0v) is 11.3. The summed E-state index contributed by atoms with van der Waals surface area (Å²) in [7, 11) is 0. The smallest absolute Gasteiger partial charge is 0.260 e. The molecule has 5 heteroatoms. The number of rotatable bonds is 2. The molecule has 0 unspecified atom stereocenters. The molecule has 17 heavy (non-hydrogen) atoms. The number of anilines is 1. The second-order valence-corrected chi connectivity index (χ2v) is 4.65. The Bertz CT molecular complexity index is 565. The molecule has 1 aromatic heterocycles. The summed E-state index contributed by atoms with van der Waals surface area (Å²) in [5, 5.41) is 3.36. The summed E-state index contributed by atoms with van der Waals surface area (Å²) in [5.41, 5.74) is 2.06. The molecule has 0 aliphatic rings. The number of carbonyl (C=O) groups excluding carboxylic acids is 1. The molecule has 88 valence electrons. The third kappa shape index (κ3) is 2.70. The predicted octanol–water partition coefficient (Wildman–Crippen LogP) is 4.26. The molecule has 0 atom stereocenters. The van der Waals surface area contributed by atoms with Crippen LogP contribution in [0.15, 0.2) is 39.6 Å². The van der Waals surface area contributed by atoms with Crippen molar-refractivity contribution in [3.05, 3.63) is 51.3 Å². The summed E-state index contributed by atoms with van der Waals surface area (Å²) in [6.45, 7) is 1.90. The van der Waals surface area contributed by atoms with E-state index in [0.717, 1.165) is 5.56 Å². The Hall–Kier alpha value is -1.26. The lowest BCUT2D eigenvalue weighted by Crippen LogP contribution is -2.11. The zero-order valence-electron chi connectivity index (χ0n) is 8.96. The van der Waals surface area contributed by atoms with Gasteiger partial charge in [0.05, 0.1) is 11.8 Å². The van der Waals surface area contributed by atoms with Crippen molar-refractivity contribution in [2.75, 3.05) is 5.32 Å². The molecule has 0 spiro atoms. The van der Waals surface area contributed by atoms with Gasteiger partial charge in [-0.2, -0.15) is 0 Å². The van der Waals surface area contributed by atoms with Crippen LogP contribution >= 0.6 is 27.5 Å². The van der Waals surface area contributed by atoms with Crippen LogP contribution in [0.25, 0.3) is 0 Å². The van der Waals surface area contributed by atoms with Crippen molar-refractivity contribution in [3.63, 3.8) is 0 Å².